The fourth-order valence-corrected chi connectivity index (χ4v) is 2.08. The smallest absolute Gasteiger partial charge is 0.338 e. The molecule has 2 aromatic rings. The second kappa shape index (κ2) is 7.25. The minimum atomic E-state index is -0.509. The summed E-state index contributed by atoms with van der Waals surface area (Å²) >= 11 is 0. The van der Waals surface area contributed by atoms with Crippen molar-refractivity contribution in [1.82, 2.24) is 0 Å². The van der Waals surface area contributed by atoms with Gasteiger partial charge in [-0.3, -0.25) is 0 Å². The lowest BCUT2D eigenvalue weighted by atomic mass is 10.1. The summed E-state index contributed by atoms with van der Waals surface area (Å²) in [5, 5.41) is 3.26. The number of rotatable bonds is 5. The van der Waals surface area contributed by atoms with Crippen LogP contribution in [-0.2, 0) is 4.74 Å². The van der Waals surface area contributed by atoms with Crippen molar-refractivity contribution >= 4 is 17.3 Å². The molecule has 0 unspecified atom stereocenters. The molecule has 2 aromatic carbocycles. The Morgan fingerprint density at radius 1 is 0.958 bits per heavy atom. The van der Waals surface area contributed by atoms with Crippen LogP contribution in [0.5, 0.6) is 11.5 Å². The van der Waals surface area contributed by atoms with Gasteiger partial charge in [0.05, 0.1) is 25.5 Å². The highest BCUT2D eigenvalue weighted by Gasteiger charge is 2.17. The highest BCUT2D eigenvalue weighted by molar-refractivity contribution is 5.90. The average Bonchev–Trinajstić information content (AvgIpc) is 2.54. The fourth-order valence-electron chi connectivity index (χ4n) is 2.08. The molecule has 0 aliphatic heterocycles. The van der Waals surface area contributed by atoms with Crippen molar-refractivity contribution in [2.75, 3.05) is 19.5 Å². The summed E-state index contributed by atoms with van der Waals surface area (Å²) < 4.78 is 15.9. The minimum Gasteiger partial charge on any atom is -0.497 e. The first-order chi connectivity index (χ1) is 11.3. The van der Waals surface area contributed by atoms with Crippen molar-refractivity contribution in [3.63, 3.8) is 0 Å². The molecule has 0 aromatic heterocycles. The van der Waals surface area contributed by atoms with Crippen LogP contribution < -0.4 is 14.8 Å². The van der Waals surface area contributed by atoms with Crippen LogP contribution in [0.2, 0.25) is 0 Å². The summed E-state index contributed by atoms with van der Waals surface area (Å²) in [4.78, 5) is 12.0. The van der Waals surface area contributed by atoms with Crippen molar-refractivity contribution < 1.29 is 19.0 Å². The molecular weight excluding hydrogens is 306 g/mol. The second-order valence-corrected chi connectivity index (χ2v) is 6.27. The molecular formula is C19H23NO4. The van der Waals surface area contributed by atoms with Crippen LogP contribution >= 0.6 is 0 Å². The monoisotopic (exact) mass is 329 g/mol. The van der Waals surface area contributed by atoms with Crippen LogP contribution in [0.15, 0.2) is 42.5 Å². The van der Waals surface area contributed by atoms with E-state index >= 15 is 0 Å². The molecule has 0 aliphatic carbocycles. The zero-order chi connectivity index (χ0) is 17.7. The zero-order valence-electron chi connectivity index (χ0n) is 14.7. The predicted octanol–water partition coefficient (Wildman–Crippen LogP) is 4.40. The Labute approximate surface area is 142 Å². The lowest BCUT2D eigenvalue weighted by Gasteiger charge is -2.19. The summed E-state index contributed by atoms with van der Waals surface area (Å²) in [5.41, 5.74) is 1.65. The lowest BCUT2D eigenvalue weighted by Crippen LogP contribution is -2.23. The number of hydrogen-bond acceptors (Lipinski definition) is 5. The van der Waals surface area contributed by atoms with E-state index in [2.05, 4.69) is 5.32 Å². The quantitative estimate of drug-likeness (QED) is 0.824. The molecule has 0 bridgehead atoms. The maximum absolute atomic E-state index is 12.0. The van der Waals surface area contributed by atoms with Crippen LogP contribution in [0.1, 0.15) is 31.1 Å². The topological polar surface area (TPSA) is 56.8 Å². The van der Waals surface area contributed by atoms with E-state index in [4.69, 9.17) is 14.2 Å². The third kappa shape index (κ3) is 4.65. The zero-order valence-corrected chi connectivity index (χ0v) is 14.7. The van der Waals surface area contributed by atoms with Gasteiger partial charge in [0.2, 0.25) is 0 Å². The molecule has 0 heterocycles. The number of ether oxygens (including phenoxy) is 3. The highest BCUT2D eigenvalue weighted by atomic mass is 16.6. The molecule has 0 radical (unpaired) electrons. The molecule has 0 spiro atoms. The van der Waals surface area contributed by atoms with Crippen LogP contribution in [0, 0.1) is 0 Å². The van der Waals surface area contributed by atoms with Crippen LogP contribution in [0.3, 0.4) is 0 Å². The molecule has 0 atom stereocenters. The van der Waals surface area contributed by atoms with Gasteiger partial charge in [-0.15, -0.1) is 0 Å². The SMILES string of the molecule is COc1ccc(Nc2ccc(C(=O)OC(C)(C)C)cc2)c(OC)c1. The number of nitrogens with one attached hydrogen (secondary N) is 1. The molecule has 128 valence electrons. The van der Waals surface area contributed by atoms with Gasteiger partial charge in [0.1, 0.15) is 17.1 Å². The Kier molecular flexibility index (Phi) is 5.34. The van der Waals surface area contributed by atoms with Gasteiger partial charge in [0.15, 0.2) is 0 Å². The fraction of sp³-hybridized carbons (Fsp3) is 0.316. The van der Waals surface area contributed by atoms with Crippen LogP contribution in [0.4, 0.5) is 11.4 Å². The number of anilines is 2. The third-order valence-corrected chi connectivity index (χ3v) is 3.21. The molecule has 0 amide bonds. The molecule has 0 saturated heterocycles. The molecule has 0 fully saturated rings. The third-order valence-electron chi connectivity index (χ3n) is 3.21. The van der Waals surface area contributed by atoms with Gasteiger partial charge in [0, 0.05) is 11.8 Å². The van der Waals surface area contributed by atoms with Crippen molar-refractivity contribution in [1.29, 1.82) is 0 Å². The van der Waals surface area contributed by atoms with Gasteiger partial charge >= 0.3 is 5.97 Å². The van der Waals surface area contributed by atoms with Gasteiger partial charge in [-0.05, 0) is 57.2 Å². The molecule has 5 nitrogen and oxygen atoms in total. The van der Waals surface area contributed by atoms with E-state index in [1.54, 1.807) is 32.4 Å². The maximum Gasteiger partial charge on any atom is 0.338 e. The average molecular weight is 329 g/mol. The summed E-state index contributed by atoms with van der Waals surface area (Å²) in [5.74, 6) is 1.05. The highest BCUT2D eigenvalue weighted by Crippen LogP contribution is 2.31. The Morgan fingerprint density at radius 3 is 2.17 bits per heavy atom. The van der Waals surface area contributed by atoms with E-state index in [0.717, 1.165) is 17.1 Å². The summed E-state index contributed by atoms with van der Waals surface area (Å²) in [7, 11) is 3.21. The van der Waals surface area contributed by atoms with Crippen LogP contribution in [0.25, 0.3) is 0 Å². The molecule has 2 rings (SSSR count). The van der Waals surface area contributed by atoms with Crippen molar-refractivity contribution in [2.45, 2.75) is 26.4 Å². The van der Waals surface area contributed by atoms with E-state index in [9.17, 15) is 4.79 Å². The van der Waals surface area contributed by atoms with Gasteiger partial charge in [-0.2, -0.15) is 0 Å². The van der Waals surface area contributed by atoms with Gasteiger partial charge in [-0.1, -0.05) is 0 Å². The Bertz CT molecular complexity index is 702. The standard InChI is InChI=1S/C19H23NO4/c1-19(2,3)24-18(21)13-6-8-14(9-7-13)20-16-11-10-15(22-4)12-17(16)23-5/h6-12,20H,1-5H3. The number of methoxy groups -OCH3 is 2. The number of carbonyl (C=O) groups is 1. The van der Waals surface area contributed by atoms with Gasteiger partial charge in [-0.25, -0.2) is 4.79 Å². The summed E-state index contributed by atoms with van der Waals surface area (Å²) in [6.07, 6.45) is 0. The Hall–Kier alpha value is -2.69. The molecule has 5 heteroatoms. The number of hydrogen-bond donors (Lipinski definition) is 1. The number of carbonyl (C=O) groups excluding carboxylic acids is 1. The number of benzene rings is 2. The number of esters is 1. The van der Waals surface area contributed by atoms with E-state index in [0.29, 0.717) is 11.3 Å². The normalized spacial score (nSPS) is 10.9. The largest absolute Gasteiger partial charge is 0.497 e. The van der Waals surface area contributed by atoms with E-state index in [1.165, 1.54) is 0 Å². The van der Waals surface area contributed by atoms with Crippen molar-refractivity contribution in [3.8, 4) is 11.5 Å². The lowest BCUT2D eigenvalue weighted by molar-refractivity contribution is 0.00696. The van der Waals surface area contributed by atoms with Crippen LogP contribution in [-0.4, -0.2) is 25.8 Å². The Morgan fingerprint density at radius 2 is 1.62 bits per heavy atom. The van der Waals surface area contributed by atoms with E-state index in [-0.39, 0.29) is 5.97 Å². The second-order valence-electron chi connectivity index (χ2n) is 6.27. The summed E-state index contributed by atoms with van der Waals surface area (Å²) in [6.45, 7) is 5.53. The summed E-state index contributed by atoms with van der Waals surface area (Å²) in [6, 6.07) is 12.6. The minimum absolute atomic E-state index is 0.337. The maximum atomic E-state index is 12.0. The molecule has 0 saturated carbocycles. The first-order valence-corrected chi connectivity index (χ1v) is 7.65. The first kappa shape index (κ1) is 17.7. The van der Waals surface area contributed by atoms with Crippen molar-refractivity contribution in [3.05, 3.63) is 48.0 Å². The van der Waals surface area contributed by atoms with Crippen molar-refractivity contribution in [2.24, 2.45) is 0 Å². The van der Waals surface area contributed by atoms with Gasteiger partial charge < -0.3 is 19.5 Å². The molecule has 1 N–H and O–H groups in total. The molecule has 0 aliphatic rings. The Balaban J connectivity index is 2.13. The molecule has 24 heavy (non-hydrogen) atoms. The predicted molar refractivity (Wildman–Crippen MR) is 94.4 cm³/mol. The first-order valence-electron chi connectivity index (χ1n) is 7.65. The van der Waals surface area contributed by atoms with E-state index in [1.807, 2.05) is 45.0 Å². The van der Waals surface area contributed by atoms with E-state index < -0.39 is 5.60 Å². The van der Waals surface area contributed by atoms with Gasteiger partial charge in [0.25, 0.3) is 0 Å².